The van der Waals surface area contributed by atoms with Crippen molar-refractivity contribution in [2.75, 3.05) is 39.8 Å². The summed E-state index contributed by atoms with van der Waals surface area (Å²) in [5.41, 5.74) is 0. The average Bonchev–Trinajstić information content (AvgIpc) is 3.08. The number of likely N-dealkylation sites (tertiary alicyclic amines) is 1. The smallest absolute Gasteiger partial charge is 0.356 e. The number of hydrogen-bond donors (Lipinski definition) is 2. The second kappa shape index (κ2) is 10.5. The topological polar surface area (TPSA) is 70.4 Å². The first-order valence-corrected chi connectivity index (χ1v) is 9.51. The highest BCUT2D eigenvalue weighted by Crippen LogP contribution is 2.23. The molecule has 0 atom stereocenters. The van der Waals surface area contributed by atoms with Crippen molar-refractivity contribution in [2.24, 2.45) is 10.9 Å². The van der Waals surface area contributed by atoms with E-state index in [-0.39, 0.29) is 0 Å². The minimum Gasteiger partial charge on any atom is -0.356 e. The maximum absolute atomic E-state index is 12.4. The number of aromatic nitrogens is 3. The first-order chi connectivity index (χ1) is 12.9. The average molecular weight is 389 g/mol. The molecule has 7 nitrogen and oxygen atoms in total. The third-order valence-corrected chi connectivity index (χ3v) is 4.84. The molecule has 1 aromatic heterocycles. The Hall–Kier alpha value is -1.84. The Bertz CT molecular complexity index is 577. The number of rotatable bonds is 8. The molecule has 0 unspecified atom stereocenters. The van der Waals surface area contributed by atoms with E-state index in [0.29, 0.717) is 25.6 Å². The van der Waals surface area contributed by atoms with Crippen LogP contribution < -0.4 is 10.6 Å². The lowest BCUT2D eigenvalue weighted by atomic mass is 9.93. The second-order valence-corrected chi connectivity index (χ2v) is 6.84. The number of nitrogens with zero attached hydrogens (tertiary/aromatic N) is 5. The lowest BCUT2D eigenvalue weighted by Gasteiger charge is -2.32. The van der Waals surface area contributed by atoms with Gasteiger partial charge in [0.2, 0.25) is 0 Å². The van der Waals surface area contributed by atoms with E-state index in [0.717, 1.165) is 50.6 Å². The molecule has 27 heavy (non-hydrogen) atoms. The van der Waals surface area contributed by atoms with Crippen LogP contribution in [0.2, 0.25) is 0 Å². The molecule has 1 aliphatic heterocycles. The largest absolute Gasteiger partial charge is 0.401 e. The van der Waals surface area contributed by atoms with Crippen LogP contribution in [0.5, 0.6) is 0 Å². The van der Waals surface area contributed by atoms with Crippen molar-refractivity contribution in [3.63, 3.8) is 0 Å². The van der Waals surface area contributed by atoms with Gasteiger partial charge in [-0.25, -0.2) is 0 Å². The third-order valence-electron chi connectivity index (χ3n) is 4.84. The van der Waals surface area contributed by atoms with Crippen LogP contribution >= 0.6 is 0 Å². The normalized spacial score (nSPS) is 17.3. The molecule has 2 N–H and O–H groups in total. The SMILES string of the molecule is CCc1nncn1CCNC(=NC)NCCC1CCN(CC(F)(F)F)CC1. The van der Waals surface area contributed by atoms with E-state index in [2.05, 4.69) is 25.8 Å². The fraction of sp³-hybridized carbons (Fsp3) is 0.824. The lowest BCUT2D eigenvalue weighted by Crippen LogP contribution is -2.42. The number of hydrogen-bond acceptors (Lipinski definition) is 4. The highest BCUT2D eigenvalue weighted by molar-refractivity contribution is 5.79. The predicted octanol–water partition coefficient (Wildman–Crippen LogP) is 1.67. The molecule has 10 heteroatoms. The summed E-state index contributed by atoms with van der Waals surface area (Å²) in [6.07, 6.45) is 1.04. The summed E-state index contributed by atoms with van der Waals surface area (Å²) in [5.74, 6) is 2.15. The van der Waals surface area contributed by atoms with Gasteiger partial charge in [-0.3, -0.25) is 9.89 Å². The van der Waals surface area contributed by atoms with Crippen LogP contribution in [0.4, 0.5) is 13.2 Å². The third kappa shape index (κ3) is 7.74. The molecule has 0 radical (unpaired) electrons. The molecular formula is C17H30F3N7. The highest BCUT2D eigenvalue weighted by atomic mass is 19.4. The van der Waals surface area contributed by atoms with Gasteiger partial charge in [-0.2, -0.15) is 13.2 Å². The first-order valence-electron chi connectivity index (χ1n) is 9.51. The molecular weight excluding hydrogens is 359 g/mol. The van der Waals surface area contributed by atoms with Gasteiger partial charge >= 0.3 is 6.18 Å². The van der Waals surface area contributed by atoms with E-state index in [4.69, 9.17) is 0 Å². The number of aliphatic imine (C=N–C) groups is 1. The molecule has 0 spiro atoms. The van der Waals surface area contributed by atoms with E-state index in [1.54, 1.807) is 13.4 Å². The Labute approximate surface area is 158 Å². The van der Waals surface area contributed by atoms with E-state index in [1.165, 1.54) is 4.90 Å². The molecule has 2 heterocycles. The fourth-order valence-electron chi connectivity index (χ4n) is 3.34. The van der Waals surface area contributed by atoms with Crippen molar-refractivity contribution in [1.82, 2.24) is 30.3 Å². The monoisotopic (exact) mass is 389 g/mol. The molecule has 2 rings (SSSR count). The van der Waals surface area contributed by atoms with Crippen molar-refractivity contribution in [3.05, 3.63) is 12.2 Å². The molecule has 1 saturated heterocycles. The zero-order valence-electron chi connectivity index (χ0n) is 16.1. The summed E-state index contributed by atoms with van der Waals surface area (Å²) in [6.45, 7) is 4.53. The number of piperidine rings is 1. The first kappa shape index (κ1) is 21.5. The summed E-state index contributed by atoms with van der Waals surface area (Å²) in [5, 5.41) is 14.5. The molecule has 0 aliphatic carbocycles. The van der Waals surface area contributed by atoms with Crippen LogP contribution in [0.1, 0.15) is 32.0 Å². The molecule has 1 fully saturated rings. The Morgan fingerprint density at radius 1 is 1.26 bits per heavy atom. The summed E-state index contributed by atoms with van der Waals surface area (Å²) >= 11 is 0. The quantitative estimate of drug-likeness (QED) is 0.523. The van der Waals surface area contributed by atoms with Gasteiger partial charge in [0.25, 0.3) is 0 Å². The summed E-state index contributed by atoms with van der Waals surface area (Å²) < 4.78 is 39.3. The maximum Gasteiger partial charge on any atom is 0.401 e. The number of halogens is 3. The van der Waals surface area contributed by atoms with Gasteiger partial charge in [0, 0.05) is 33.1 Å². The van der Waals surface area contributed by atoms with Gasteiger partial charge in [-0.1, -0.05) is 6.92 Å². The van der Waals surface area contributed by atoms with E-state index in [9.17, 15) is 13.2 Å². The van der Waals surface area contributed by atoms with Gasteiger partial charge in [0.15, 0.2) is 5.96 Å². The summed E-state index contributed by atoms with van der Waals surface area (Å²) in [6, 6.07) is 0. The Morgan fingerprint density at radius 3 is 2.59 bits per heavy atom. The highest BCUT2D eigenvalue weighted by Gasteiger charge is 2.32. The molecule has 0 bridgehead atoms. The Morgan fingerprint density at radius 2 is 1.96 bits per heavy atom. The number of nitrogens with one attached hydrogen (secondary N) is 2. The van der Waals surface area contributed by atoms with Crippen LogP contribution in [0.15, 0.2) is 11.3 Å². The van der Waals surface area contributed by atoms with Gasteiger partial charge in [-0.05, 0) is 38.3 Å². The standard InChI is InChI=1S/C17H30F3N7/c1-3-15-25-24-13-27(15)11-8-23-16(21-2)22-7-4-14-5-9-26(10-6-14)12-17(18,19)20/h13-14H,3-12H2,1-2H3,(H2,21,22,23). The predicted molar refractivity (Wildman–Crippen MR) is 98.6 cm³/mol. The lowest BCUT2D eigenvalue weighted by molar-refractivity contribution is -0.148. The van der Waals surface area contributed by atoms with E-state index in [1.807, 2.05) is 11.5 Å². The zero-order valence-corrected chi connectivity index (χ0v) is 16.1. The van der Waals surface area contributed by atoms with Crippen molar-refractivity contribution in [1.29, 1.82) is 0 Å². The van der Waals surface area contributed by atoms with Crippen LogP contribution in [0.25, 0.3) is 0 Å². The minimum absolute atomic E-state index is 0.462. The van der Waals surface area contributed by atoms with Crippen LogP contribution in [0, 0.1) is 5.92 Å². The van der Waals surface area contributed by atoms with Gasteiger partial charge < -0.3 is 15.2 Å². The second-order valence-electron chi connectivity index (χ2n) is 6.84. The minimum atomic E-state index is -4.10. The molecule has 0 saturated carbocycles. The van der Waals surface area contributed by atoms with Crippen molar-refractivity contribution in [2.45, 2.75) is 45.3 Å². The van der Waals surface area contributed by atoms with E-state index >= 15 is 0 Å². The van der Waals surface area contributed by atoms with Crippen LogP contribution in [-0.4, -0.2) is 71.6 Å². The van der Waals surface area contributed by atoms with Crippen LogP contribution in [-0.2, 0) is 13.0 Å². The molecule has 154 valence electrons. The van der Waals surface area contributed by atoms with Gasteiger partial charge in [0.05, 0.1) is 6.54 Å². The van der Waals surface area contributed by atoms with Crippen molar-refractivity contribution >= 4 is 5.96 Å². The van der Waals surface area contributed by atoms with Gasteiger partial charge in [0.1, 0.15) is 12.2 Å². The summed E-state index contributed by atoms with van der Waals surface area (Å²) in [4.78, 5) is 5.71. The number of aryl methyl sites for hydroxylation is 1. The van der Waals surface area contributed by atoms with Crippen molar-refractivity contribution in [3.8, 4) is 0 Å². The van der Waals surface area contributed by atoms with Crippen LogP contribution in [0.3, 0.4) is 0 Å². The summed E-state index contributed by atoms with van der Waals surface area (Å²) in [7, 11) is 1.72. The maximum atomic E-state index is 12.4. The Balaban J connectivity index is 1.60. The fourth-order valence-corrected chi connectivity index (χ4v) is 3.34. The van der Waals surface area contributed by atoms with Gasteiger partial charge in [-0.15, -0.1) is 10.2 Å². The Kier molecular flexibility index (Phi) is 8.33. The van der Waals surface area contributed by atoms with E-state index < -0.39 is 12.7 Å². The molecule has 0 aromatic carbocycles. The molecule has 1 aromatic rings. The molecule has 0 amide bonds. The number of alkyl halides is 3. The van der Waals surface area contributed by atoms with Crippen molar-refractivity contribution < 1.29 is 13.2 Å². The number of guanidine groups is 1. The molecule has 1 aliphatic rings. The zero-order chi connectivity index (χ0) is 19.7.